The molecule has 5 aromatic rings. The number of benzene rings is 4. The standard InChI is InChI=1S/C33H33N3O2/c1-24-12-17-31(25(2)22-24)38-21-20-36-30-11-7-6-10-29(30)35-32(36)18-19-34-33(37)23-26-13-15-28(16-14-26)27-8-4-3-5-9-27/h3-17,22H,18-21,23H2,1-2H3,(H,34,37). The quantitative estimate of drug-likeness (QED) is 0.243. The Morgan fingerprint density at radius 1 is 0.868 bits per heavy atom. The third-order valence-corrected chi connectivity index (χ3v) is 6.73. The lowest BCUT2D eigenvalue weighted by atomic mass is 10.0. The summed E-state index contributed by atoms with van der Waals surface area (Å²) in [6.45, 7) is 5.91. The van der Waals surface area contributed by atoms with Crippen molar-refractivity contribution in [1.82, 2.24) is 14.9 Å². The van der Waals surface area contributed by atoms with E-state index in [0.717, 1.165) is 39.3 Å². The molecule has 0 unspecified atom stereocenters. The van der Waals surface area contributed by atoms with Gasteiger partial charge >= 0.3 is 0 Å². The molecule has 38 heavy (non-hydrogen) atoms. The maximum absolute atomic E-state index is 12.6. The molecule has 0 radical (unpaired) electrons. The lowest BCUT2D eigenvalue weighted by molar-refractivity contribution is -0.120. The molecule has 1 heterocycles. The van der Waals surface area contributed by atoms with Crippen LogP contribution in [0, 0.1) is 13.8 Å². The highest BCUT2D eigenvalue weighted by Crippen LogP contribution is 2.21. The summed E-state index contributed by atoms with van der Waals surface area (Å²) in [6.07, 6.45) is 1.01. The third kappa shape index (κ3) is 6.12. The van der Waals surface area contributed by atoms with Crippen LogP contribution < -0.4 is 10.1 Å². The lowest BCUT2D eigenvalue weighted by Crippen LogP contribution is -2.28. The summed E-state index contributed by atoms with van der Waals surface area (Å²) in [7, 11) is 0. The number of hydrogen-bond acceptors (Lipinski definition) is 3. The number of fused-ring (bicyclic) bond motifs is 1. The first-order valence-corrected chi connectivity index (χ1v) is 13.1. The average molecular weight is 504 g/mol. The molecule has 0 bridgehead atoms. The summed E-state index contributed by atoms with van der Waals surface area (Å²) in [5.74, 6) is 1.87. The van der Waals surface area contributed by atoms with E-state index in [9.17, 15) is 4.79 Å². The summed E-state index contributed by atoms with van der Waals surface area (Å²) in [5, 5.41) is 3.07. The van der Waals surface area contributed by atoms with Crippen LogP contribution in [0.15, 0.2) is 97.1 Å². The Balaban J connectivity index is 1.17. The van der Waals surface area contributed by atoms with Crippen molar-refractivity contribution in [2.24, 2.45) is 0 Å². The number of hydrogen-bond donors (Lipinski definition) is 1. The molecule has 0 saturated heterocycles. The van der Waals surface area contributed by atoms with Gasteiger partial charge < -0.3 is 14.6 Å². The van der Waals surface area contributed by atoms with Crippen LogP contribution in [0.25, 0.3) is 22.2 Å². The second-order valence-electron chi connectivity index (χ2n) is 9.63. The summed E-state index contributed by atoms with van der Waals surface area (Å²) in [5.41, 5.74) is 7.72. The number of carbonyl (C=O) groups excluding carboxylic acids is 1. The zero-order chi connectivity index (χ0) is 26.3. The highest BCUT2D eigenvalue weighted by molar-refractivity contribution is 5.79. The molecule has 5 heteroatoms. The molecule has 0 aliphatic heterocycles. The molecule has 0 fully saturated rings. The Labute approximate surface area is 224 Å². The van der Waals surface area contributed by atoms with Gasteiger partial charge in [0.25, 0.3) is 0 Å². The van der Waals surface area contributed by atoms with Crippen LogP contribution in [0.3, 0.4) is 0 Å². The van der Waals surface area contributed by atoms with Gasteiger partial charge in [-0.25, -0.2) is 4.98 Å². The fourth-order valence-corrected chi connectivity index (χ4v) is 4.78. The molecular weight excluding hydrogens is 470 g/mol. The Bertz CT molecular complexity index is 1520. The molecule has 1 amide bonds. The first kappa shape index (κ1) is 25.3. The Morgan fingerprint density at radius 3 is 2.39 bits per heavy atom. The second-order valence-corrected chi connectivity index (χ2v) is 9.63. The van der Waals surface area contributed by atoms with E-state index in [1.54, 1.807) is 0 Å². The Hall–Kier alpha value is -4.38. The SMILES string of the molecule is Cc1ccc(OCCn2c(CCNC(=O)Cc3ccc(-c4ccccc4)cc3)nc3ccccc32)c(C)c1. The van der Waals surface area contributed by atoms with Crippen LogP contribution in [-0.2, 0) is 24.2 Å². The van der Waals surface area contributed by atoms with Crippen molar-refractivity contribution in [1.29, 1.82) is 0 Å². The fraction of sp³-hybridized carbons (Fsp3) is 0.212. The fourth-order valence-electron chi connectivity index (χ4n) is 4.78. The van der Waals surface area contributed by atoms with Crippen molar-refractivity contribution in [3.63, 3.8) is 0 Å². The van der Waals surface area contributed by atoms with Crippen LogP contribution in [0.4, 0.5) is 0 Å². The van der Waals surface area contributed by atoms with Crippen LogP contribution in [0.5, 0.6) is 5.75 Å². The van der Waals surface area contributed by atoms with Crippen LogP contribution in [0.1, 0.15) is 22.5 Å². The molecule has 192 valence electrons. The summed E-state index contributed by atoms with van der Waals surface area (Å²) < 4.78 is 8.30. The minimum Gasteiger partial charge on any atom is -0.491 e. The molecule has 5 rings (SSSR count). The molecule has 1 N–H and O–H groups in total. The van der Waals surface area contributed by atoms with E-state index in [-0.39, 0.29) is 5.91 Å². The number of aromatic nitrogens is 2. The lowest BCUT2D eigenvalue weighted by Gasteiger charge is -2.13. The first-order valence-electron chi connectivity index (χ1n) is 13.1. The predicted octanol–water partition coefficient (Wildman–Crippen LogP) is 6.30. The minimum atomic E-state index is 0.0123. The number of para-hydroxylation sites is 2. The molecule has 5 nitrogen and oxygen atoms in total. The highest BCUT2D eigenvalue weighted by Gasteiger charge is 2.12. The maximum atomic E-state index is 12.6. The molecule has 1 aromatic heterocycles. The smallest absolute Gasteiger partial charge is 0.224 e. The molecular formula is C33H33N3O2. The number of aryl methyl sites for hydroxylation is 2. The van der Waals surface area contributed by atoms with Crippen molar-refractivity contribution in [3.8, 4) is 16.9 Å². The van der Waals surface area contributed by atoms with Gasteiger partial charge in [0.1, 0.15) is 18.2 Å². The summed E-state index contributed by atoms with van der Waals surface area (Å²) in [6, 6.07) is 32.8. The number of rotatable bonds is 10. The number of nitrogens with one attached hydrogen (secondary N) is 1. The van der Waals surface area contributed by atoms with Gasteiger partial charge in [-0.1, -0.05) is 84.4 Å². The molecule has 0 aliphatic rings. The van der Waals surface area contributed by atoms with Gasteiger partial charge in [-0.15, -0.1) is 0 Å². The molecule has 4 aromatic carbocycles. The summed E-state index contributed by atoms with van der Waals surface area (Å²) in [4.78, 5) is 17.5. The van der Waals surface area contributed by atoms with Gasteiger partial charge in [0, 0.05) is 13.0 Å². The van der Waals surface area contributed by atoms with E-state index < -0.39 is 0 Å². The van der Waals surface area contributed by atoms with Crippen LogP contribution in [0.2, 0.25) is 0 Å². The molecule has 0 spiro atoms. The molecule has 0 aliphatic carbocycles. The van der Waals surface area contributed by atoms with Crippen molar-refractivity contribution in [2.75, 3.05) is 13.2 Å². The van der Waals surface area contributed by atoms with E-state index in [1.165, 1.54) is 11.1 Å². The predicted molar refractivity (Wildman–Crippen MR) is 153 cm³/mol. The number of carbonyl (C=O) groups is 1. The zero-order valence-electron chi connectivity index (χ0n) is 22.0. The van der Waals surface area contributed by atoms with E-state index in [4.69, 9.17) is 9.72 Å². The third-order valence-electron chi connectivity index (χ3n) is 6.73. The first-order chi connectivity index (χ1) is 18.6. The topological polar surface area (TPSA) is 56.1 Å². The number of imidazole rings is 1. The normalized spacial score (nSPS) is 11.0. The monoisotopic (exact) mass is 503 g/mol. The minimum absolute atomic E-state index is 0.0123. The molecule has 0 saturated carbocycles. The number of ether oxygens (including phenoxy) is 1. The van der Waals surface area contributed by atoms with E-state index >= 15 is 0 Å². The highest BCUT2D eigenvalue weighted by atomic mass is 16.5. The van der Waals surface area contributed by atoms with Gasteiger partial charge in [0.05, 0.1) is 24.0 Å². The van der Waals surface area contributed by atoms with Gasteiger partial charge in [-0.2, -0.15) is 0 Å². The zero-order valence-corrected chi connectivity index (χ0v) is 22.0. The van der Waals surface area contributed by atoms with Crippen LogP contribution in [-0.4, -0.2) is 28.6 Å². The van der Waals surface area contributed by atoms with Crippen molar-refractivity contribution in [3.05, 3.63) is 120 Å². The largest absolute Gasteiger partial charge is 0.491 e. The molecule has 0 atom stereocenters. The van der Waals surface area contributed by atoms with Gasteiger partial charge in [0.15, 0.2) is 0 Å². The number of amides is 1. The van der Waals surface area contributed by atoms with E-state index in [0.29, 0.717) is 32.5 Å². The van der Waals surface area contributed by atoms with E-state index in [2.05, 4.69) is 66.2 Å². The van der Waals surface area contributed by atoms with E-state index in [1.807, 2.05) is 54.6 Å². The Kier molecular flexibility index (Phi) is 7.84. The summed E-state index contributed by atoms with van der Waals surface area (Å²) >= 11 is 0. The van der Waals surface area contributed by atoms with Crippen molar-refractivity contribution < 1.29 is 9.53 Å². The van der Waals surface area contributed by atoms with Gasteiger partial charge in [-0.3, -0.25) is 4.79 Å². The average Bonchev–Trinajstić information content (AvgIpc) is 3.28. The van der Waals surface area contributed by atoms with Crippen molar-refractivity contribution >= 4 is 16.9 Å². The van der Waals surface area contributed by atoms with Crippen molar-refractivity contribution in [2.45, 2.75) is 33.2 Å². The van der Waals surface area contributed by atoms with Gasteiger partial charge in [-0.05, 0) is 54.3 Å². The second kappa shape index (κ2) is 11.8. The maximum Gasteiger partial charge on any atom is 0.224 e. The van der Waals surface area contributed by atoms with Gasteiger partial charge in [0.2, 0.25) is 5.91 Å². The van der Waals surface area contributed by atoms with Crippen LogP contribution >= 0.6 is 0 Å². The Morgan fingerprint density at radius 2 is 1.61 bits per heavy atom. The number of nitrogens with zero attached hydrogens (tertiary/aromatic N) is 2.